The van der Waals surface area contributed by atoms with Crippen LogP contribution in [0.5, 0.6) is 0 Å². The van der Waals surface area contributed by atoms with E-state index in [4.69, 9.17) is 5.73 Å². The zero-order valence-corrected chi connectivity index (χ0v) is 9.51. The number of rotatable bonds is 3. The topological polar surface area (TPSA) is 26.0 Å². The van der Waals surface area contributed by atoms with Gasteiger partial charge >= 0.3 is 0 Å². The van der Waals surface area contributed by atoms with Gasteiger partial charge in [0.05, 0.1) is 0 Å². The van der Waals surface area contributed by atoms with Gasteiger partial charge in [-0.15, -0.1) is 0 Å². The van der Waals surface area contributed by atoms with Crippen molar-refractivity contribution in [1.29, 1.82) is 0 Å². The first-order valence-electron chi connectivity index (χ1n) is 5.00. The molecule has 0 aliphatic heterocycles. The summed E-state index contributed by atoms with van der Waals surface area (Å²) in [6, 6.07) is 14.5. The van der Waals surface area contributed by atoms with Gasteiger partial charge in [0.15, 0.2) is 0 Å². The van der Waals surface area contributed by atoms with Crippen LogP contribution in [0.4, 0.5) is 4.39 Å². The van der Waals surface area contributed by atoms with Crippen LogP contribution >= 0.6 is 11.8 Å². The van der Waals surface area contributed by atoms with Gasteiger partial charge in [0, 0.05) is 16.3 Å². The van der Waals surface area contributed by atoms with Crippen molar-refractivity contribution in [1.82, 2.24) is 0 Å². The van der Waals surface area contributed by atoms with Crippen LogP contribution in [0.3, 0.4) is 0 Å². The molecular formula is C13H12FNS. The summed E-state index contributed by atoms with van der Waals surface area (Å²) in [5, 5.41) is 0. The monoisotopic (exact) mass is 233 g/mol. The van der Waals surface area contributed by atoms with Crippen molar-refractivity contribution in [3.63, 3.8) is 0 Å². The molecule has 0 unspecified atom stereocenters. The molecule has 0 atom stereocenters. The molecule has 0 heterocycles. The Bertz CT molecular complexity index is 485. The minimum atomic E-state index is -0.208. The summed E-state index contributed by atoms with van der Waals surface area (Å²) in [4.78, 5) is 1.97. The first kappa shape index (κ1) is 11.2. The van der Waals surface area contributed by atoms with Gasteiger partial charge in [-0.05, 0) is 35.9 Å². The smallest absolute Gasteiger partial charge is 0.124 e. The maximum atomic E-state index is 13.0. The quantitative estimate of drug-likeness (QED) is 0.878. The fourth-order valence-corrected chi connectivity index (χ4v) is 2.35. The lowest BCUT2D eigenvalue weighted by Crippen LogP contribution is -1.95. The van der Waals surface area contributed by atoms with Crippen molar-refractivity contribution >= 4 is 11.8 Å². The molecule has 0 fully saturated rings. The molecule has 0 saturated heterocycles. The Morgan fingerprint density at radius 3 is 2.38 bits per heavy atom. The molecule has 0 amide bonds. The van der Waals surface area contributed by atoms with Crippen molar-refractivity contribution in [2.24, 2.45) is 5.73 Å². The number of hydrogen-bond donors (Lipinski definition) is 1. The summed E-state index contributed by atoms with van der Waals surface area (Å²) >= 11 is 1.54. The second-order valence-corrected chi connectivity index (χ2v) is 4.56. The highest BCUT2D eigenvalue weighted by molar-refractivity contribution is 7.99. The van der Waals surface area contributed by atoms with E-state index >= 15 is 0 Å². The van der Waals surface area contributed by atoms with E-state index in [1.54, 1.807) is 6.07 Å². The number of hydrogen-bond acceptors (Lipinski definition) is 2. The molecule has 1 nitrogen and oxygen atoms in total. The van der Waals surface area contributed by atoms with Gasteiger partial charge in [-0.2, -0.15) is 0 Å². The number of nitrogens with two attached hydrogens (primary N) is 1. The molecule has 16 heavy (non-hydrogen) atoms. The zero-order valence-electron chi connectivity index (χ0n) is 8.69. The lowest BCUT2D eigenvalue weighted by Gasteiger charge is -2.03. The lowest BCUT2D eigenvalue weighted by molar-refractivity contribution is 0.624. The van der Waals surface area contributed by atoms with Gasteiger partial charge in [0.25, 0.3) is 0 Å². The largest absolute Gasteiger partial charge is 0.326 e. The van der Waals surface area contributed by atoms with Gasteiger partial charge in [0.1, 0.15) is 5.82 Å². The van der Waals surface area contributed by atoms with Crippen LogP contribution in [0.25, 0.3) is 0 Å². The predicted octanol–water partition coefficient (Wildman–Crippen LogP) is 3.44. The van der Waals surface area contributed by atoms with Crippen LogP contribution in [0, 0.1) is 5.82 Å². The Balaban J connectivity index is 2.20. The average Bonchev–Trinajstić information content (AvgIpc) is 2.29. The predicted molar refractivity (Wildman–Crippen MR) is 64.9 cm³/mol. The molecule has 0 aliphatic rings. The summed E-state index contributed by atoms with van der Waals surface area (Å²) in [5.41, 5.74) is 6.65. The van der Waals surface area contributed by atoms with Crippen molar-refractivity contribution < 1.29 is 4.39 Å². The second kappa shape index (κ2) is 5.14. The molecule has 0 bridgehead atoms. The Kier molecular flexibility index (Phi) is 3.59. The second-order valence-electron chi connectivity index (χ2n) is 3.41. The Morgan fingerprint density at radius 2 is 1.69 bits per heavy atom. The lowest BCUT2D eigenvalue weighted by atomic mass is 10.2. The van der Waals surface area contributed by atoms with Gasteiger partial charge in [-0.3, -0.25) is 0 Å². The molecule has 2 N–H and O–H groups in total. The molecule has 0 aromatic heterocycles. The van der Waals surface area contributed by atoms with Gasteiger partial charge in [-0.1, -0.05) is 30.0 Å². The first-order valence-corrected chi connectivity index (χ1v) is 5.82. The van der Waals surface area contributed by atoms with Gasteiger partial charge in [-0.25, -0.2) is 4.39 Å². The Labute approximate surface area is 98.5 Å². The number of halogens is 1. The Morgan fingerprint density at radius 1 is 1.00 bits per heavy atom. The van der Waals surface area contributed by atoms with E-state index in [0.717, 1.165) is 15.4 Å². The zero-order chi connectivity index (χ0) is 11.4. The summed E-state index contributed by atoms with van der Waals surface area (Å²) in [5.74, 6) is -0.208. The van der Waals surface area contributed by atoms with Crippen LogP contribution in [0.15, 0.2) is 58.3 Å². The standard InChI is InChI=1S/C13H12FNS/c14-11-4-2-6-13(8-11)16-12-5-1-3-10(7-12)9-15/h1-8H,9,15H2. The minimum Gasteiger partial charge on any atom is -0.326 e. The Hall–Kier alpha value is -1.32. The fraction of sp³-hybridized carbons (Fsp3) is 0.0769. The SMILES string of the molecule is NCc1cccc(Sc2cccc(F)c2)c1. The maximum Gasteiger partial charge on any atom is 0.124 e. The van der Waals surface area contributed by atoms with E-state index in [0.29, 0.717) is 6.54 Å². The van der Waals surface area contributed by atoms with E-state index in [1.165, 1.54) is 23.9 Å². The summed E-state index contributed by atoms with van der Waals surface area (Å²) in [6.07, 6.45) is 0. The van der Waals surface area contributed by atoms with Crippen LogP contribution in [-0.2, 0) is 6.54 Å². The highest BCUT2D eigenvalue weighted by Gasteiger charge is 1.99. The first-order chi connectivity index (χ1) is 7.78. The van der Waals surface area contributed by atoms with Crippen LogP contribution < -0.4 is 5.73 Å². The number of benzene rings is 2. The van der Waals surface area contributed by atoms with Crippen LogP contribution in [0.1, 0.15) is 5.56 Å². The highest BCUT2D eigenvalue weighted by Crippen LogP contribution is 2.28. The summed E-state index contributed by atoms with van der Waals surface area (Å²) in [7, 11) is 0. The normalized spacial score (nSPS) is 10.4. The third-order valence-electron chi connectivity index (χ3n) is 2.17. The van der Waals surface area contributed by atoms with Crippen LogP contribution in [0.2, 0.25) is 0 Å². The molecule has 0 saturated carbocycles. The van der Waals surface area contributed by atoms with Gasteiger partial charge in [0.2, 0.25) is 0 Å². The molecule has 82 valence electrons. The maximum absolute atomic E-state index is 13.0. The molecule has 2 rings (SSSR count). The molecule has 3 heteroatoms. The minimum absolute atomic E-state index is 0.208. The molecular weight excluding hydrogens is 221 g/mol. The van der Waals surface area contributed by atoms with E-state index in [9.17, 15) is 4.39 Å². The van der Waals surface area contributed by atoms with E-state index in [-0.39, 0.29) is 5.82 Å². The third-order valence-corrected chi connectivity index (χ3v) is 3.15. The summed E-state index contributed by atoms with van der Waals surface area (Å²) in [6.45, 7) is 0.525. The highest BCUT2D eigenvalue weighted by atomic mass is 32.2. The molecule has 2 aromatic rings. The van der Waals surface area contributed by atoms with Gasteiger partial charge < -0.3 is 5.73 Å². The van der Waals surface area contributed by atoms with Crippen molar-refractivity contribution in [2.75, 3.05) is 0 Å². The van der Waals surface area contributed by atoms with Crippen molar-refractivity contribution in [3.8, 4) is 0 Å². The molecule has 0 aliphatic carbocycles. The molecule has 0 spiro atoms. The van der Waals surface area contributed by atoms with E-state index in [1.807, 2.05) is 30.3 Å². The van der Waals surface area contributed by atoms with E-state index in [2.05, 4.69) is 0 Å². The van der Waals surface area contributed by atoms with E-state index < -0.39 is 0 Å². The van der Waals surface area contributed by atoms with Crippen LogP contribution in [-0.4, -0.2) is 0 Å². The molecule has 2 aromatic carbocycles. The van der Waals surface area contributed by atoms with Crippen molar-refractivity contribution in [3.05, 3.63) is 59.9 Å². The fourth-order valence-electron chi connectivity index (χ4n) is 1.40. The summed E-state index contributed by atoms with van der Waals surface area (Å²) < 4.78 is 13.0. The van der Waals surface area contributed by atoms with Crippen molar-refractivity contribution in [2.45, 2.75) is 16.3 Å². The molecule has 0 radical (unpaired) electrons. The third kappa shape index (κ3) is 2.84. The average molecular weight is 233 g/mol.